The highest BCUT2D eigenvalue weighted by atomic mass is 127. The Balaban J connectivity index is 1.97. The number of hydrogen-bond acceptors (Lipinski definition) is 6. The second-order valence-electron chi connectivity index (χ2n) is 8.44. The zero-order valence-corrected chi connectivity index (χ0v) is 24.7. The van der Waals surface area contributed by atoms with Crippen LogP contribution in [0.15, 0.2) is 33.9 Å². The van der Waals surface area contributed by atoms with E-state index in [4.69, 9.17) is 20.5 Å². The van der Waals surface area contributed by atoms with Crippen LogP contribution >= 0.6 is 30.2 Å². The second-order valence-corrected chi connectivity index (χ2v) is 11.8. The Kier molecular flexibility index (Phi) is 10.8. The first-order valence-corrected chi connectivity index (χ1v) is 15.4. The minimum Gasteiger partial charge on any atom is -0.322 e. The quantitative estimate of drug-likeness (QED) is 0.112. The van der Waals surface area contributed by atoms with E-state index in [1.54, 1.807) is 13.8 Å². The average Bonchev–Trinajstić information content (AvgIpc) is 3.24. The van der Waals surface area contributed by atoms with E-state index in [2.05, 4.69) is 40.6 Å². The lowest BCUT2D eigenvalue weighted by atomic mass is 10.1. The number of nitrogens with zero attached hydrogens (tertiary/aromatic N) is 4. The lowest BCUT2D eigenvalue weighted by Gasteiger charge is -2.17. The van der Waals surface area contributed by atoms with Gasteiger partial charge < -0.3 is 13.6 Å². The molecule has 200 valence electrons. The largest absolute Gasteiger partial charge is 0.333 e. The third kappa shape index (κ3) is 6.82. The van der Waals surface area contributed by atoms with Crippen LogP contribution in [0.3, 0.4) is 0 Å². The third-order valence-corrected chi connectivity index (χ3v) is 9.27. The first kappa shape index (κ1) is 29.4. The molecule has 9 nitrogen and oxygen atoms in total. The summed E-state index contributed by atoms with van der Waals surface area (Å²) in [5.74, 6) is 3.17. The Hall–Kier alpha value is -2.19. The summed E-state index contributed by atoms with van der Waals surface area (Å²) in [5, 5.41) is 0. The number of fused-ring (bicyclic) bond motifs is 1. The Morgan fingerprint density at radius 3 is 2.35 bits per heavy atom. The molecule has 2 heterocycles. The molecule has 0 amide bonds. The Labute approximate surface area is 230 Å². The summed E-state index contributed by atoms with van der Waals surface area (Å²) in [6, 6.07) is 8.15. The van der Waals surface area contributed by atoms with Crippen molar-refractivity contribution < 1.29 is 13.6 Å². The number of benzene rings is 1. The molecule has 0 aliphatic rings. The van der Waals surface area contributed by atoms with Crippen LogP contribution < -0.4 is 11.2 Å². The molecule has 11 heteroatoms. The molecular formula is C26H34IN4O5P. The Morgan fingerprint density at radius 1 is 1.03 bits per heavy atom. The minimum atomic E-state index is -3.17. The molecular weight excluding hydrogens is 606 g/mol. The summed E-state index contributed by atoms with van der Waals surface area (Å²) >= 11 is 2.32. The molecule has 1 aromatic carbocycles. The summed E-state index contributed by atoms with van der Waals surface area (Å²) in [5.41, 5.74) is 1.03. The van der Waals surface area contributed by atoms with Gasteiger partial charge >= 0.3 is 13.3 Å². The monoisotopic (exact) mass is 640 g/mol. The van der Waals surface area contributed by atoms with Crippen molar-refractivity contribution in [1.82, 2.24) is 18.7 Å². The molecule has 3 aromatic rings. The molecule has 0 fully saturated rings. The highest BCUT2D eigenvalue weighted by Crippen LogP contribution is 2.48. The number of unbranched alkanes of at least 4 members (excludes halogenated alkanes) is 1. The first-order chi connectivity index (χ1) is 17.8. The molecule has 0 bridgehead atoms. The summed E-state index contributed by atoms with van der Waals surface area (Å²) < 4.78 is 29.2. The van der Waals surface area contributed by atoms with Crippen molar-refractivity contribution in [2.45, 2.75) is 66.1 Å². The standard InChI is InChI=1S/C26H34IN4O5P/c1-5-17-31-25(32)23-24(28-22(29(23)6-2)16-15-20-13-9-10-14-21(20)27)30(26(31)33)18-11-12-19-37(34,35-7-3)36-8-4/h1,9-10,13-14H,6-8,11-12,15-19H2,2-4H3. The van der Waals surface area contributed by atoms with Gasteiger partial charge in [-0.1, -0.05) is 24.1 Å². The van der Waals surface area contributed by atoms with Crippen molar-refractivity contribution in [2.24, 2.45) is 0 Å². The second kappa shape index (κ2) is 13.6. The van der Waals surface area contributed by atoms with Gasteiger partial charge in [0.2, 0.25) is 0 Å². The number of aryl methyl sites for hydroxylation is 4. The van der Waals surface area contributed by atoms with Gasteiger partial charge in [-0.3, -0.25) is 13.9 Å². The summed E-state index contributed by atoms with van der Waals surface area (Å²) in [4.78, 5) is 31.4. The molecule has 0 aliphatic heterocycles. The molecule has 0 aliphatic carbocycles. The molecule has 0 N–H and O–H groups in total. The molecule has 0 unspecified atom stereocenters. The van der Waals surface area contributed by atoms with Crippen molar-refractivity contribution in [2.75, 3.05) is 19.4 Å². The van der Waals surface area contributed by atoms with Crippen molar-refractivity contribution >= 4 is 41.4 Å². The van der Waals surface area contributed by atoms with Crippen molar-refractivity contribution in [3.05, 3.63) is 60.1 Å². The number of rotatable bonds is 14. The molecule has 2 aromatic heterocycles. The van der Waals surface area contributed by atoms with Crippen LogP contribution in [-0.4, -0.2) is 38.1 Å². The summed E-state index contributed by atoms with van der Waals surface area (Å²) in [7, 11) is -3.17. The summed E-state index contributed by atoms with van der Waals surface area (Å²) in [6.07, 6.45) is 8.17. The molecule has 0 atom stereocenters. The molecule has 0 radical (unpaired) electrons. The van der Waals surface area contributed by atoms with Gasteiger partial charge in [0.25, 0.3) is 5.56 Å². The van der Waals surface area contributed by atoms with Gasteiger partial charge in [-0.15, -0.1) is 6.42 Å². The highest BCUT2D eigenvalue weighted by Gasteiger charge is 2.24. The van der Waals surface area contributed by atoms with E-state index in [1.165, 1.54) is 13.7 Å². The maximum absolute atomic E-state index is 13.3. The van der Waals surface area contributed by atoms with Crippen LogP contribution in [0.1, 0.15) is 45.0 Å². The van der Waals surface area contributed by atoms with E-state index in [1.807, 2.05) is 23.6 Å². The Morgan fingerprint density at radius 2 is 1.73 bits per heavy atom. The van der Waals surface area contributed by atoms with Gasteiger partial charge in [-0.2, -0.15) is 0 Å². The molecule has 0 saturated carbocycles. The number of halogens is 1. The fourth-order valence-electron chi connectivity index (χ4n) is 4.38. The first-order valence-electron chi connectivity index (χ1n) is 12.6. The van der Waals surface area contributed by atoms with Gasteiger partial charge in [-0.25, -0.2) is 14.3 Å². The third-order valence-electron chi connectivity index (χ3n) is 6.05. The van der Waals surface area contributed by atoms with Crippen molar-refractivity contribution in [3.63, 3.8) is 0 Å². The fourth-order valence-corrected chi connectivity index (χ4v) is 6.77. The van der Waals surface area contributed by atoms with Crippen LogP contribution in [0.4, 0.5) is 0 Å². The normalized spacial score (nSPS) is 11.8. The number of imidazole rings is 1. The van der Waals surface area contributed by atoms with Crippen LogP contribution in [0, 0.1) is 15.9 Å². The predicted molar refractivity (Wildman–Crippen MR) is 154 cm³/mol. The van der Waals surface area contributed by atoms with E-state index in [0.29, 0.717) is 56.7 Å². The van der Waals surface area contributed by atoms with Gasteiger partial charge in [-0.05, 0) is 74.3 Å². The van der Waals surface area contributed by atoms with E-state index in [9.17, 15) is 14.2 Å². The van der Waals surface area contributed by atoms with Gasteiger partial charge in [0.1, 0.15) is 5.82 Å². The molecule has 37 heavy (non-hydrogen) atoms. The van der Waals surface area contributed by atoms with Crippen LogP contribution in [0.2, 0.25) is 0 Å². The zero-order chi connectivity index (χ0) is 27.0. The number of terminal acetylenes is 1. The summed E-state index contributed by atoms with van der Waals surface area (Å²) in [6.45, 7) is 6.82. The highest BCUT2D eigenvalue weighted by molar-refractivity contribution is 14.1. The average molecular weight is 640 g/mol. The van der Waals surface area contributed by atoms with Gasteiger partial charge in [0.05, 0.1) is 25.9 Å². The topological polar surface area (TPSA) is 97.3 Å². The molecule has 0 spiro atoms. The zero-order valence-electron chi connectivity index (χ0n) is 21.6. The molecule has 3 rings (SSSR count). The maximum atomic E-state index is 13.3. The van der Waals surface area contributed by atoms with E-state index >= 15 is 0 Å². The molecule has 0 saturated heterocycles. The predicted octanol–water partition coefficient (Wildman–Crippen LogP) is 4.45. The van der Waals surface area contributed by atoms with E-state index < -0.39 is 18.8 Å². The maximum Gasteiger partial charge on any atom is 0.333 e. The smallest absolute Gasteiger partial charge is 0.322 e. The fraction of sp³-hybridized carbons (Fsp3) is 0.500. The lowest BCUT2D eigenvalue weighted by Crippen LogP contribution is -2.40. The van der Waals surface area contributed by atoms with Crippen LogP contribution in [0.5, 0.6) is 0 Å². The van der Waals surface area contributed by atoms with E-state index in [-0.39, 0.29) is 12.7 Å². The minimum absolute atomic E-state index is 0.121. The number of aromatic nitrogens is 4. The van der Waals surface area contributed by atoms with Gasteiger partial charge in [0.15, 0.2) is 11.2 Å². The van der Waals surface area contributed by atoms with Crippen molar-refractivity contribution in [3.8, 4) is 12.3 Å². The lowest BCUT2D eigenvalue weighted by molar-refractivity contribution is 0.219. The Bertz CT molecular complexity index is 1430. The number of hydrogen-bond donors (Lipinski definition) is 0. The van der Waals surface area contributed by atoms with Gasteiger partial charge in [0, 0.05) is 23.1 Å². The van der Waals surface area contributed by atoms with Crippen LogP contribution in [-0.2, 0) is 46.1 Å². The van der Waals surface area contributed by atoms with Crippen LogP contribution in [0.25, 0.3) is 11.2 Å². The van der Waals surface area contributed by atoms with Crippen molar-refractivity contribution in [1.29, 1.82) is 0 Å². The SMILES string of the molecule is C#CCn1c(=O)c2c(nc(CCc3ccccc3I)n2CC)n(CCCCP(=O)(OCC)OCC)c1=O. The van der Waals surface area contributed by atoms with E-state index in [0.717, 1.165) is 16.8 Å².